The van der Waals surface area contributed by atoms with E-state index >= 15 is 0 Å². The molecule has 1 fully saturated rings. The lowest BCUT2D eigenvalue weighted by Crippen LogP contribution is -2.38. The third kappa shape index (κ3) is 4.80. The van der Waals surface area contributed by atoms with Crippen LogP contribution < -0.4 is 0 Å². The van der Waals surface area contributed by atoms with Gasteiger partial charge in [0.15, 0.2) is 0 Å². The van der Waals surface area contributed by atoms with E-state index in [0.29, 0.717) is 24.0 Å². The Labute approximate surface area is 120 Å². The van der Waals surface area contributed by atoms with Crippen molar-refractivity contribution in [1.29, 1.82) is 0 Å². The fraction of sp³-hybridized carbons (Fsp3) is 0.778. The number of hydrogen-bond donors (Lipinski definition) is 0. The zero-order chi connectivity index (χ0) is 14.5. The predicted molar refractivity (Wildman–Crippen MR) is 84.4 cm³/mol. The van der Waals surface area contributed by atoms with E-state index in [0.717, 1.165) is 12.0 Å². The minimum atomic E-state index is 0.352. The third-order valence-electron chi connectivity index (χ3n) is 4.64. The fourth-order valence-corrected chi connectivity index (χ4v) is 3.32. The Balaban J connectivity index is 2.58. The van der Waals surface area contributed by atoms with Crippen LogP contribution in [0.2, 0.25) is 0 Å². The van der Waals surface area contributed by atoms with Crippen LogP contribution in [0.5, 0.6) is 0 Å². The van der Waals surface area contributed by atoms with E-state index in [2.05, 4.69) is 33.9 Å². The van der Waals surface area contributed by atoms with Crippen LogP contribution in [-0.2, 0) is 4.74 Å². The molecule has 0 aliphatic heterocycles. The van der Waals surface area contributed by atoms with Gasteiger partial charge in [-0.05, 0) is 37.0 Å². The van der Waals surface area contributed by atoms with Crippen LogP contribution in [0, 0.1) is 10.8 Å². The molecule has 0 aromatic carbocycles. The summed E-state index contributed by atoms with van der Waals surface area (Å²) < 4.78 is 5.66. The lowest BCUT2D eigenvalue weighted by molar-refractivity contribution is 0.0347. The van der Waals surface area contributed by atoms with Crippen LogP contribution in [0.15, 0.2) is 24.3 Å². The highest BCUT2D eigenvalue weighted by molar-refractivity contribution is 5.06. The summed E-state index contributed by atoms with van der Waals surface area (Å²) in [6, 6.07) is 0. The third-order valence-corrected chi connectivity index (χ3v) is 4.64. The number of rotatable bonds is 6. The first-order chi connectivity index (χ1) is 8.77. The molecule has 0 atom stereocenters. The van der Waals surface area contributed by atoms with Crippen LogP contribution in [0.25, 0.3) is 0 Å². The van der Waals surface area contributed by atoms with Gasteiger partial charge in [-0.25, -0.2) is 0 Å². The summed E-state index contributed by atoms with van der Waals surface area (Å²) in [7, 11) is 0. The van der Waals surface area contributed by atoms with Crippen molar-refractivity contribution >= 4 is 0 Å². The summed E-state index contributed by atoms with van der Waals surface area (Å²) in [6.45, 7) is 18.6. The van der Waals surface area contributed by atoms with Crippen molar-refractivity contribution in [3.63, 3.8) is 0 Å². The number of hydrogen-bond acceptors (Lipinski definition) is 1. The van der Waals surface area contributed by atoms with Gasteiger partial charge >= 0.3 is 0 Å². The smallest absolute Gasteiger partial charge is 0.0678 e. The monoisotopic (exact) mass is 264 g/mol. The Morgan fingerprint density at radius 3 is 2.11 bits per heavy atom. The van der Waals surface area contributed by atoms with Gasteiger partial charge in [0.1, 0.15) is 0 Å². The highest BCUT2D eigenvalue weighted by atomic mass is 16.5. The van der Waals surface area contributed by atoms with Gasteiger partial charge in [-0.3, -0.25) is 0 Å². The second kappa shape index (κ2) is 6.74. The lowest BCUT2D eigenvalue weighted by Gasteiger charge is -2.48. The molecule has 19 heavy (non-hydrogen) atoms. The van der Waals surface area contributed by atoms with Crippen LogP contribution in [0.3, 0.4) is 0 Å². The molecule has 1 saturated carbocycles. The van der Waals surface area contributed by atoms with E-state index in [1.165, 1.54) is 37.7 Å². The summed E-state index contributed by atoms with van der Waals surface area (Å²) in [6.07, 6.45) is 7.95. The Hall–Kier alpha value is -0.560. The van der Waals surface area contributed by atoms with Gasteiger partial charge in [0.25, 0.3) is 0 Å². The predicted octanol–water partition coefficient (Wildman–Crippen LogP) is 5.52. The summed E-state index contributed by atoms with van der Waals surface area (Å²) in [4.78, 5) is 0. The molecule has 0 N–H and O–H groups in total. The molecular formula is C18H32O. The molecule has 0 heterocycles. The van der Waals surface area contributed by atoms with Gasteiger partial charge in [-0.1, -0.05) is 64.3 Å². The molecule has 0 aromatic rings. The van der Waals surface area contributed by atoms with E-state index in [1.54, 1.807) is 0 Å². The Morgan fingerprint density at radius 1 is 1.05 bits per heavy atom. The van der Waals surface area contributed by atoms with E-state index in [4.69, 9.17) is 4.74 Å². The molecule has 0 radical (unpaired) electrons. The van der Waals surface area contributed by atoms with Gasteiger partial charge in [-0.2, -0.15) is 0 Å². The van der Waals surface area contributed by atoms with E-state index in [9.17, 15) is 0 Å². The zero-order valence-corrected chi connectivity index (χ0v) is 13.5. The summed E-state index contributed by atoms with van der Waals surface area (Å²) >= 11 is 0. The normalized spacial score (nSPS) is 19.2. The quantitative estimate of drug-likeness (QED) is 0.574. The molecule has 1 aliphatic rings. The van der Waals surface area contributed by atoms with Crippen molar-refractivity contribution in [3.05, 3.63) is 24.3 Å². The van der Waals surface area contributed by atoms with E-state index in [1.807, 2.05) is 6.92 Å². The second-order valence-electron chi connectivity index (χ2n) is 7.47. The highest BCUT2D eigenvalue weighted by Gasteiger charge is 2.42. The van der Waals surface area contributed by atoms with Crippen molar-refractivity contribution in [1.82, 2.24) is 0 Å². The average Bonchev–Trinajstić information content (AvgIpc) is 2.28. The summed E-state index contributed by atoms with van der Waals surface area (Å²) in [5.41, 5.74) is 3.11. The van der Waals surface area contributed by atoms with Gasteiger partial charge in [0.05, 0.1) is 13.2 Å². The molecular weight excluding hydrogens is 232 g/mol. The molecule has 0 saturated heterocycles. The fourth-order valence-electron chi connectivity index (χ4n) is 3.32. The topological polar surface area (TPSA) is 9.23 Å². The van der Waals surface area contributed by atoms with Crippen molar-refractivity contribution in [3.8, 4) is 0 Å². The number of ether oxygens (including phenoxy) is 1. The Kier molecular flexibility index (Phi) is 5.85. The van der Waals surface area contributed by atoms with E-state index < -0.39 is 0 Å². The van der Waals surface area contributed by atoms with Gasteiger partial charge in [0, 0.05) is 0 Å². The highest BCUT2D eigenvalue weighted by Crippen LogP contribution is 2.53. The lowest BCUT2D eigenvalue weighted by atomic mass is 9.57. The second-order valence-corrected chi connectivity index (χ2v) is 7.47. The van der Waals surface area contributed by atoms with Crippen molar-refractivity contribution < 1.29 is 4.74 Å². The summed E-state index contributed by atoms with van der Waals surface area (Å²) in [5.74, 6) is 0. The molecule has 0 spiro atoms. The molecule has 0 amide bonds. The minimum Gasteiger partial charge on any atom is -0.373 e. The van der Waals surface area contributed by atoms with Crippen LogP contribution in [-0.4, -0.2) is 13.2 Å². The van der Waals surface area contributed by atoms with Crippen LogP contribution in [0.1, 0.15) is 66.2 Å². The SMILES string of the molecule is C=C(C)COCC(=C)CC1(C(C)(C)C)CCCCC1. The first-order valence-electron chi connectivity index (χ1n) is 7.66. The maximum Gasteiger partial charge on any atom is 0.0678 e. The molecule has 0 bridgehead atoms. The maximum atomic E-state index is 5.66. The van der Waals surface area contributed by atoms with E-state index in [-0.39, 0.29) is 0 Å². The zero-order valence-electron chi connectivity index (χ0n) is 13.5. The van der Waals surface area contributed by atoms with Gasteiger partial charge < -0.3 is 4.74 Å². The summed E-state index contributed by atoms with van der Waals surface area (Å²) in [5, 5.41) is 0. The van der Waals surface area contributed by atoms with Crippen molar-refractivity contribution in [2.75, 3.05) is 13.2 Å². The van der Waals surface area contributed by atoms with Gasteiger partial charge in [-0.15, -0.1) is 0 Å². The maximum absolute atomic E-state index is 5.66. The molecule has 1 heteroatoms. The molecule has 1 rings (SSSR count). The van der Waals surface area contributed by atoms with Crippen molar-refractivity contribution in [2.24, 2.45) is 10.8 Å². The van der Waals surface area contributed by atoms with Gasteiger partial charge in [0.2, 0.25) is 0 Å². The largest absolute Gasteiger partial charge is 0.373 e. The average molecular weight is 264 g/mol. The standard InChI is InChI=1S/C18H32O/c1-15(2)13-19-14-16(3)12-18(17(4,5)6)10-8-7-9-11-18/h1,3,7-14H2,2,4-6H3. The molecule has 110 valence electrons. The molecule has 1 aliphatic carbocycles. The Morgan fingerprint density at radius 2 is 1.63 bits per heavy atom. The molecule has 0 aromatic heterocycles. The minimum absolute atomic E-state index is 0.352. The molecule has 1 nitrogen and oxygen atoms in total. The molecule has 0 unspecified atom stereocenters. The van der Waals surface area contributed by atoms with Crippen LogP contribution >= 0.6 is 0 Å². The first-order valence-corrected chi connectivity index (χ1v) is 7.66. The first kappa shape index (κ1) is 16.5. The Bertz CT molecular complexity index is 313. The van der Waals surface area contributed by atoms with Crippen molar-refractivity contribution in [2.45, 2.75) is 66.2 Å². The van der Waals surface area contributed by atoms with Crippen LogP contribution in [0.4, 0.5) is 0 Å².